The highest BCUT2D eigenvalue weighted by Gasteiger charge is 2.28. The van der Waals surface area contributed by atoms with E-state index in [0.29, 0.717) is 11.8 Å². The van der Waals surface area contributed by atoms with E-state index in [1.165, 1.54) is 12.3 Å². The first-order chi connectivity index (χ1) is 8.88. The zero-order valence-corrected chi connectivity index (χ0v) is 12.7. The van der Waals surface area contributed by atoms with Gasteiger partial charge in [0.15, 0.2) is 0 Å². The van der Waals surface area contributed by atoms with Gasteiger partial charge >= 0.3 is 0 Å². The van der Waals surface area contributed by atoms with Crippen molar-refractivity contribution in [2.75, 3.05) is 0 Å². The highest BCUT2D eigenvalue weighted by Crippen LogP contribution is 2.29. The fraction of sp³-hybridized carbons (Fsp3) is 0.615. The number of rotatable bonds is 3. The fourth-order valence-corrected chi connectivity index (χ4v) is 4.61. The van der Waals surface area contributed by atoms with E-state index in [1.54, 1.807) is 6.07 Å². The molecule has 1 fully saturated rings. The molecule has 6 heteroatoms. The highest BCUT2D eigenvalue weighted by atomic mass is 35.5. The van der Waals surface area contributed by atoms with E-state index >= 15 is 0 Å². The van der Waals surface area contributed by atoms with Crippen molar-refractivity contribution in [3.63, 3.8) is 0 Å². The standard InChI is InChI=1S/C13H19ClN2O2S/c1-9-6-10(2)8-11(7-9)16-19(17,18)12-4-3-5-15-13(12)14/h3-5,9-11,16H,6-8H2,1-2H3. The Kier molecular flexibility index (Phi) is 4.48. The molecule has 1 N–H and O–H groups in total. The van der Waals surface area contributed by atoms with Crippen molar-refractivity contribution in [3.8, 4) is 0 Å². The van der Waals surface area contributed by atoms with Crippen molar-refractivity contribution in [1.82, 2.24) is 9.71 Å². The highest BCUT2D eigenvalue weighted by molar-refractivity contribution is 7.89. The number of nitrogens with zero attached hydrogens (tertiary/aromatic N) is 1. The van der Waals surface area contributed by atoms with Crippen LogP contribution in [0.3, 0.4) is 0 Å². The van der Waals surface area contributed by atoms with Gasteiger partial charge < -0.3 is 0 Å². The van der Waals surface area contributed by atoms with E-state index in [1.807, 2.05) is 0 Å². The summed E-state index contributed by atoms with van der Waals surface area (Å²) >= 11 is 5.85. The Morgan fingerprint density at radius 3 is 2.47 bits per heavy atom. The molecule has 1 aromatic rings. The molecule has 1 heterocycles. The quantitative estimate of drug-likeness (QED) is 0.874. The second kappa shape index (κ2) is 5.77. The molecule has 19 heavy (non-hydrogen) atoms. The Balaban J connectivity index is 2.16. The SMILES string of the molecule is CC1CC(C)CC(NS(=O)(=O)c2cccnc2Cl)C1. The molecule has 4 nitrogen and oxygen atoms in total. The molecule has 1 saturated carbocycles. The third kappa shape index (κ3) is 3.68. The first kappa shape index (κ1) is 14.8. The van der Waals surface area contributed by atoms with E-state index in [9.17, 15) is 8.42 Å². The minimum atomic E-state index is -3.58. The minimum Gasteiger partial charge on any atom is -0.243 e. The van der Waals surface area contributed by atoms with Crippen molar-refractivity contribution < 1.29 is 8.42 Å². The maximum absolute atomic E-state index is 12.3. The second-order valence-corrected chi connectivity index (χ2v) is 7.57. The van der Waals surface area contributed by atoms with Crippen LogP contribution in [0.1, 0.15) is 33.1 Å². The van der Waals surface area contributed by atoms with Gasteiger partial charge in [0.1, 0.15) is 10.0 Å². The fourth-order valence-electron chi connectivity index (χ4n) is 2.90. The zero-order valence-electron chi connectivity index (χ0n) is 11.1. The van der Waals surface area contributed by atoms with E-state index in [2.05, 4.69) is 23.6 Å². The summed E-state index contributed by atoms with van der Waals surface area (Å²) in [6.45, 7) is 4.32. The van der Waals surface area contributed by atoms with Crippen molar-refractivity contribution in [2.24, 2.45) is 11.8 Å². The van der Waals surface area contributed by atoms with E-state index in [4.69, 9.17) is 11.6 Å². The lowest BCUT2D eigenvalue weighted by Gasteiger charge is -2.31. The third-order valence-corrected chi connectivity index (χ3v) is 5.48. The summed E-state index contributed by atoms with van der Waals surface area (Å²) in [5, 5.41) is 0.0203. The van der Waals surface area contributed by atoms with Crippen molar-refractivity contribution in [1.29, 1.82) is 0 Å². The van der Waals surface area contributed by atoms with Gasteiger partial charge in [-0.25, -0.2) is 18.1 Å². The van der Waals surface area contributed by atoms with Crippen molar-refractivity contribution in [2.45, 2.75) is 44.0 Å². The average Bonchev–Trinajstić information content (AvgIpc) is 2.26. The monoisotopic (exact) mass is 302 g/mol. The van der Waals surface area contributed by atoms with Crippen LogP contribution in [-0.2, 0) is 10.0 Å². The van der Waals surface area contributed by atoms with Gasteiger partial charge in [-0.05, 0) is 43.2 Å². The Morgan fingerprint density at radius 1 is 1.26 bits per heavy atom. The maximum Gasteiger partial charge on any atom is 0.243 e. The molecule has 0 radical (unpaired) electrons. The number of halogens is 1. The molecule has 1 aromatic heterocycles. The largest absolute Gasteiger partial charge is 0.243 e. The minimum absolute atomic E-state index is 0.0139. The first-order valence-electron chi connectivity index (χ1n) is 6.51. The van der Waals surface area contributed by atoms with Crippen LogP contribution in [0.4, 0.5) is 0 Å². The van der Waals surface area contributed by atoms with Crippen LogP contribution in [0.15, 0.2) is 23.2 Å². The predicted octanol–water partition coefficient (Wildman–Crippen LogP) is 2.84. The summed E-state index contributed by atoms with van der Waals surface area (Å²) in [7, 11) is -3.58. The van der Waals surface area contributed by atoms with Crippen molar-refractivity contribution >= 4 is 21.6 Å². The van der Waals surface area contributed by atoms with Gasteiger partial charge in [-0.3, -0.25) is 0 Å². The zero-order chi connectivity index (χ0) is 14.0. The number of pyridine rings is 1. The van der Waals surface area contributed by atoms with Gasteiger partial charge in [0.25, 0.3) is 0 Å². The normalized spacial score (nSPS) is 28.3. The Hall–Kier alpha value is -0.650. The molecule has 1 aliphatic carbocycles. The number of sulfonamides is 1. The summed E-state index contributed by atoms with van der Waals surface area (Å²) in [6, 6.07) is 3.04. The maximum atomic E-state index is 12.3. The lowest BCUT2D eigenvalue weighted by Crippen LogP contribution is -2.40. The molecular weight excluding hydrogens is 284 g/mol. The van der Waals surface area contributed by atoms with Crippen LogP contribution < -0.4 is 4.72 Å². The van der Waals surface area contributed by atoms with Gasteiger partial charge in [-0.2, -0.15) is 0 Å². The summed E-state index contributed by atoms with van der Waals surface area (Å²) in [6.07, 6.45) is 4.39. The Labute approximate surface area is 119 Å². The molecule has 0 aromatic carbocycles. The van der Waals surface area contributed by atoms with Crippen LogP contribution in [0.5, 0.6) is 0 Å². The van der Waals surface area contributed by atoms with Crippen LogP contribution in [0.2, 0.25) is 5.15 Å². The first-order valence-corrected chi connectivity index (χ1v) is 8.37. The van der Waals surface area contributed by atoms with Crippen LogP contribution in [0, 0.1) is 11.8 Å². The lowest BCUT2D eigenvalue weighted by atomic mass is 9.81. The van der Waals surface area contributed by atoms with Gasteiger partial charge in [0.05, 0.1) is 0 Å². The molecule has 2 atom stereocenters. The molecule has 106 valence electrons. The Morgan fingerprint density at radius 2 is 1.89 bits per heavy atom. The van der Waals surface area contributed by atoms with E-state index in [-0.39, 0.29) is 16.1 Å². The third-order valence-electron chi connectivity index (χ3n) is 3.51. The summed E-state index contributed by atoms with van der Waals surface area (Å²) in [5.41, 5.74) is 0. The summed E-state index contributed by atoms with van der Waals surface area (Å²) in [5.74, 6) is 1.08. The number of hydrogen-bond donors (Lipinski definition) is 1. The molecule has 0 spiro atoms. The smallest absolute Gasteiger partial charge is 0.243 e. The number of hydrogen-bond acceptors (Lipinski definition) is 3. The van der Waals surface area contributed by atoms with Crippen LogP contribution >= 0.6 is 11.6 Å². The average molecular weight is 303 g/mol. The van der Waals surface area contributed by atoms with Crippen LogP contribution in [0.25, 0.3) is 0 Å². The lowest BCUT2D eigenvalue weighted by molar-refractivity contribution is 0.257. The van der Waals surface area contributed by atoms with Gasteiger partial charge in [0, 0.05) is 12.2 Å². The second-order valence-electron chi connectivity index (χ2n) is 5.53. The predicted molar refractivity (Wildman–Crippen MR) is 75.5 cm³/mol. The van der Waals surface area contributed by atoms with Gasteiger partial charge in [-0.1, -0.05) is 25.4 Å². The molecule has 0 bridgehead atoms. The van der Waals surface area contributed by atoms with E-state index < -0.39 is 10.0 Å². The molecule has 1 aliphatic rings. The van der Waals surface area contributed by atoms with E-state index in [0.717, 1.165) is 19.3 Å². The summed E-state index contributed by atoms with van der Waals surface area (Å²) in [4.78, 5) is 3.87. The topological polar surface area (TPSA) is 59.1 Å². The Bertz CT molecular complexity index is 537. The van der Waals surface area contributed by atoms with Gasteiger partial charge in [-0.15, -0.1) is 0 Å². The molecule has 0 aliphatic heterocycles. The number of aromatic nitrogens is 1. The molecule has 2 rings (SSSR count). The van der Waals surface area contributed by atoms with Gasteiger partial charge in [0.2, 0.25) is 10.0 Å². The van der Waals surface area contributed by atoms with Crippen LogP contribution in [-0.4, -0.2) is 19.4 Å². The molecule has 0 saturated heterocycles. The molecular formula is C13H19ClN2O2S. The summed E-state index contributed by atoms with van der Waals surface area (Å²) < 4.78 is 27.4. The molecule has 2 unspecified atom stereocenters. The molecule has 0 amide bonds. The van der Waals surface area contributed by atoms with Crippen molar-refractivity contribution in [3.05, 3.63) is 23.5 Å². The number of nitrogens with one attached hydrogen (secondary N) is 1.